The summed E-state index contributed by atoms with van der Waals surface area (Å²) in [6, 6.07) is 53.8. The molecule has 2 fully saturated rings. The van der Waals surface area contributed by atoms with Gasteiger partial charge in [0, 0.05) is 92.9 Å². The minimum Gasteiger partial charge on any atom is -0.351 e. The van der Waals surface area contributed by atoms with Crippen molar-refractivity contribution in [2.24, 2.45) is 50.9 Å². The van der Waals surface area contributed by atoms with Gasteiger partial charge in [-0.2, -0.15) is 0 Å². The number of imidazole rings is 2. The van der Waals surface area contributed by atoms with E-state index < -0.39 is 0 Å². The predicted molar refractivity (Wildman–Crippen MR) is 483 cm³/mol. The van der Waals surface area contributed by atoms with E-state index in [0.29, 0.717) is 10.8 Å². The zero-order valence-corrected chi connectivity index (χ0v) is 73.4. The van der Waals surface area contributed by atoms with Crippen molar-refractivity contribution < 1.29 is 0 Å². The van der Waals surface area contributed by atoms with Crippen LogP contribution in [0.4, 0.5) is 0 Å². The molecule has 7 aromatic heterocycles. The van der Waals surface area contributed by atoms with E-state index in [1.807, 2.05) is 68.1 Å². The molecular weight excluding hydrogens is 1350 g/mol. The summed E-state index contributed by atoms with van der Waals surface area (Å²) in [5, 5.41) is 4.97. The highest BCUT2D eigenvalue weighted by molar-refractivity contribution is 5.84. The fourth-order valence-electron chi connectivity index (χ4n) is 14.6. The number of para-hydroxylation sites is 1. The Morgan fingerprint density at radius 2 is 0.802 bits per heavy atom. The van der Waals surface area contributed by atoms with E-state index >= 15 is 0 Å². The summed E-state index contributed by atoms with van der Waals surface area (Å²) in [4.78, 5) is 22.2. The molecule has 598 valence electrons. The zero-order chi connectivity index (χ0) is 81.0. The molecule has 0 amide bonds. The van der Waals surface area contributed by atoms with Crippen LogP contribution in [0, 0.1) is 22.7 Å². The Hall–Kier alpha value is -8.63. The normalized spacial score (nSPS) is 14.0. The average molecular weight is 1500 g/mol. The molecule has 10 heteroatoms. The third-order valence-electron chi connectivity index (χ3n) is 22.2. The van der Waals surface area contributed by atoms with Crippen LogP contribution in [-0.2, 0) is 67.2 Å². The Labute approximate surface area is 671 Å². The van der Waals surface area contributed by atoms with E-state index in [0.717, 1.165) is 51.8 Å². The Kier molecular flexibility index (Phi) is 30.1. The third-order valence-corrected chi connectivity index (χ3v) is 22.2. The van der Waals surface area contributed by atoms with Gasteiger partial charge >= 0.3 is 0 Å². The molecule has 0 N–H and O–H groups in total. The summed E-state index contributed by atoms with van der Waals surface area (Å²) in [7, 11) is 8.21. The van der Waals surface area contributed by atoms with E-state index in [9.17, 15) is 0 Å². The van der Waals surface area contributed by atoms with Crippen LogP contribution >= 0.6 is 0 Å². The second-order valence-corrected chi connectivity index (χ2v) is 39.7. The fraction of sp³-hybridized carbons (Fsp3) is 0.495. The van der Waals surface area contributed by atoms with E-state index in [2.05, 4.69) is 369 Å². The van der Waals surface area contributed by atoms with Crippen LogP contribution in [0.2, 0.25) is 0 Å². The Morgan fingerprint density at radius 3 is 1.32 bits per heavy atom. The highest BCUT2D eigenvalue weighted by Crippen LogP contribution is 2.39. The number of rotatable bonds is 2. The van der Waals surface area contributed by atoms with Crippen molar-refractivity contribution >= 4 is 65.8 Å². The highest BCUT2D eigenvalue weighted by Gasteiger charge is 2.28. The second-order valence-electron chi connectivity index (χ2n) is 39.7. The molecule has 7 heterocycles. The maximum Gasteiger partial charge on any atom is 0.143 e. The molecule has 0 atom stereocenters. The molecule has 0 bridgehead atoms. The van der Waals surface area contributed by atoms with Crippen LogP contribution in [-0.4, -0.2) is 47.8 Å². The second kappa shape index (κ2) is 37.3. The van der Waals surface area contributed by atoms with Crippen molar-refractivity contribution in [3.8, 4) is 0 Å². The SMILES string of the molecule is C.CC(C)(C)C1CCCCC1.CC(C)(C)C1CCCCC1.CC(C)(C)c1ccc2ncn(Cc3ccccc3)c2c1.CC(C)(C)c1cccc2cccnc12.Cn1ccc2cc(C(C)(C)C)ccc21.Cn1ccc2ccc(C(C)(C)C)cc21.Cn1ccc2cnc(C(C)(C)C)nc21.Cn1cnc2ccc(C(C)(C)C)cc21. The van der Waals surface area contributed by atoms with Crippen LogP contribution in [0.3, 0.4) is 0 Å². The van der Waals surface area contributed by atoms with Crippen LogP contribution in [0.15, 0.2) is 195 Å². The number of fused-ring (bicyclic) bond motifs is 6. The average Bonchev–Trinajstić information content (AvgIpc) is 0.971. The van der Waals surface area contributed by atoms with Crippen molar-refractivity contribution in [3.05, 3.63) is 235 Å². The number of pyridine rings is 1. The van der Waals surface area contributed by atoms with Crippen LogP contribution < -0.4 is 0 Å². The van der Waals surface area contributed by atoms with Crippen molar-refractivity contribution in [1.82, 2.24) is 47.8 Å². The lowest BCUT2D eigenvalue weighted by molar-refractivity contribution is 0.179. The van der Waals surface area contributed by atoms with Gasteiger partial charge in [-0.3, -0.25) is 4.98 Å². The lowest BCUT2D eigenvalue weighted by Crippen LogP contribution is -2.22. The molecular formula is C101H144N10. The third kappa shape index (κ3) is 25.4. The summed E-state index contributed by atoms with van der Waals surface area (Å²) in [6.45, 7) is 55.0. The molecule has 0 spiro atoms. The molecule has 0 radical (unpaired) electrons. The van der Waals surface area contributed by atoms with Crippen molar-refractivity contribution in [1.29, 1.82) is 0 Å². The summed E-state index contributed by atoms with van der Waals surface area (Å²) in [5.74, 6) is 2.90. The molecule has 15 rings (SSSR count). The van der Waals surface area contributed by atoms with Crippen LogP contribution in [0.25, 0.3) is 65.8 Å². The first-order valence-electron chi connectivity index (χ1n) is 40.9. The molecule has 10 nitrogen and oxygen atoms in total. The van der Waals surface area contributed by atoms with Gasteiger partial charge in [0.1, 0.15) is 11.5 Å². The number of aromatic nitrogens is 10. The first-order chi connectivity index (χ1) is 51.3. The van der Waals surface area contributed by atoms with E-state index in [-0.39, 0.29) is 39.9 Å². The Morgan fingerprint density at radius 1 is 0.342 bits per heavy atom. The maximum absolute atomic E-state index is 4.56. The van der Waals surface area contributed by atoms with Gasteiger partial charge in [0.25, 0.3) is 0 Å². The lowest BCUT2D eigenvalue weighted by Gasteiger charge is -2.33. The van der Waals surface area contributed by atoms with Crippen LogP contribution in [0.1, 0.15) is 277 Å². The number of nitrogens with zero attached hydrogens (tertiary/aromatic N) is 10. The topological polar surface area (TPSA) is 89.1 Å². The molecule has 13 aromatic rings. The van der Waals surface area contributed by atoms with Crippen molar-refractivity contribution in [2.75, 3.05) is 0 Å². The molecule has 0 aliphatic heterocycles. The van der Waals surface area contributed by atoms with Gasteiger partial charge in [-0.05, 0) is 186 Å². The Bertz CT molecular complexity index is 4760. The summed E-state index contributed by atoms with van der Waals surface area (Å²) in [5.41, 5.74) is 19.6. The summed E-state index contributed by atoms with van der Waals surface area (Å²) >= 11 is 0. The monoisotopic (exact) mass is 1500 g/mol. The maximum atomic E-state index is 4.56. The minimum atomic E-state index is 0. The Balaban J connectivity index is 0.000000177. The first kappa shape index (κ1) is 89.6. The summed E-state index contributed by atoms with van der Waals surface area (Å²) in [6.07, 6.45) is 28.5. The van der Waals surface area contributed by atoms with Gasteiger partial charge in [-0.15, -0.1) is 0 Å². The minimum absolute atomic E-state index is 0. The van der Waals surface area contributed by atoms with E-state index in [1.165, 1.54) is 136 Å². The first-order valence-corrected chi connectivity index (χ1v) is 40.9. The fourth-order valence-corrected chi connectivity index (χ4v) is 14.6. The van der Waals surface area contributed by atoms with Gasteiger partial charge in [0.15, 0.2) is 0 Å². The summed E-state index contributed by atoms with van der Waals surface area (Å²) < 4.78 is 10.6. The lowest BCUT2D eigenvalue weighted by atomic mass is 9.72. The largest absolute Gasteiger partial charge is 0.351 e. The quantitative estimate of drug-likeness (QED) is 0.172. The van der Waals surface area contributed by atoms with Crippen molar-refractivity contribution in [3.63, 3.8) is 0 Å². The molecule has 2 saturated carbocycles. The molecule has 0 unspecified atom stereocenters. The molecule has 111 heavy (non-hydrogen) atoms. The van der Waals surface area contributed by atoms with E-state index in [1.54, 1.807) is 0 Å². The standard InChI is InChI=1S/C18H20N2.2C13H17N.C13H15N.C12H16N2.C11H15N3.2C10H20.CH4/c1-18(2,3)15-9-10-16-17(11-15)20(13-19-16)12-14-7-5-4-6-8-14;1-13(2,3)11-5-6-12-10(9-11)7-8-14(12)4;1-13(2,3)11-6-5-10-7-8-14(4)12(10)9-11;1-13(2,3)11-8-4-6-10-7-5-9-14-12(10)11;1-12(2,3)9-5-6-10-11(7-9)14(4)8-13-10;1-11(2,3)10-12-7-8-5-6-14(4)9(8)13-10;2*1-10(2,3)9-7-5-4-6-8-9;/h4-11,13H,12H2,1-3H3;2*5-9H,1-4H3;4-9H,1-3H3;5-8H,1-4H3;5-7H,1-4H3;2*9H,4-8H2,1-3H3;1H4. The van der Waals surface area contributed by atoms with Gasteiger partial charge in [-0.25, -0.2) is 19.9 Å². The van der Waals surface area contributed by atoms with Crippen molar-refractivity contribution in [2.45, 2.75) is 277 Å². The van der Waals surface area contributed by atoms with Crippen LogP contribution in [0.5, 0.6) is 0 Å². The smallest absolute Gasteiger partial charge is 0.143 e. The number of hydrogen-bond donors (Lipinski definition) is 0. The van der Waals surface area contributed by atoms with E-state index in [4.69, 9.17) is 0 Å². The number of hydrogen-bond acceptors (Lipinski definition) is 5. The van der Waals surface area contributed by atoms with Gasteiger partial charge in [-0.1, -0.05) is 297 Å². The highest BCUT2D eigenvalue weighted by atomic mass is 15.0. The number of benzene rings is 6. The zero-order valence-electron chi connectivity index (χ0n) is 73.4. The molecule has 0 saturated heterocycles. The van der Waals surface area contributed by atoms with Gasteiger partial charge in [0.05, 0.1) is 40.2 Å². The molecule has 6 aromatic carbocycles. The molecule has 2 aliphatic rings. The predicted octanol–water partition coefficient (Wildman–Crippen LogP) is 27.9. The van der Waals surface area contributed by atoms with Gasteiger partial charge < -0.3 is 22.8 Å². The van der Waals surface area contributed by atoms with Gasteiger partial charge in [0.2, 0.25) is 0 Å². The number of aryl methyl sites for hydroxylation is 4. The molecule has 2 aliphatic carbocycles.